The molecule has 0 aromatic rings. The standard InChI is InChI=1S/H3N.Na.2H2S/h1H3;;2*1H2/q;+1;;/p-1. The molecule has 0 rings (SSSR count). The molecule has 0 saturated heterocycles. The van der Waals surface area contributed by atoms with Gasteiger partial charge in [0.15, 0.2) is 0 Å². The zero-order chi connectivity index (χ0) is 0. The van der Waals surface area contributed by atoms with E-state index < -0.39 is 0 Å². The molecule has 0 aromatic heterocycles. The van der Waals surface area contributed by atoms with Crippen molar-refractivity contribution in [3.8, 4) is 0 Å². The maximum absolute atomic E-state index is 0. The van der Waals surface area contributed by atoms with Crippen molar-refractivity contribution in [2.45, 2.75) is 0 Å². The summed E-state index contributed by atoms with van der Waals surface area (Å²) in [5.41, 5.74) is 0. The van der Waals surface area contributed by atoms with Gasteiger partial charge < -0.3 is 19.6 Å². The first-order valence-corrected chi connectivity index (χ1v) is 0. The van der Waals surface area contributed by atoms with Gasteiger partial charge in [0.05, 0.1) is 0 Å². The molecule has 3 N–H and O–H groups in total. The van der Waals surface area contributed by atoms with E-state index >= 15 is 0 Å². The Morgan fingerprint density at radius 3 is 1.00 bits per heavy atom. The molecule has 0 heterocycles. The second-order valence-electron chi connectivity index (χ2n) is 0. The van der Waals surface area contributed by atoms with Gasteiger partial charge in [0.2, 0.25) is 0 Å². The second-order valence-corrected chi connectivity index (χ2v) is 0. The van der Waals surface area contributed by atoms with E-state index in [0.717, 1.165) is 0 Å². The second kappa shape index (κ2) is 22.7. The maximum Gasteiger partial charge on any atom is 1.00 e. The third kappa shape index (κ3) is 9.40. The Balaban J connectivity index is 0. The minimum absolute atomic E-state index is 0. The van der Waals surface area contributed by atoms with Crippen LogP contribution in [-0.2, 0) is 13.5 Å². The fourth-order valence-electron chi connectivity index (χ4n) is 0. The predicted molar refractivity (Wildman–Crippen MR) is 24.2 cm³/mol. The first-order valence-electron chi connectivity index (χ1n) is 0. The molecule has 0 aromatic carbocycles. The molecule has 0 aliphatic heterocycles. The van der Waals surface area contributed by atoms with E-state index in [4.69, 9.17) is 0 Å². The summed E-state index contributed by atoms with van der Waals surface area (Å²) in [5.74, 6) is 0. The Morgan fingerprint density at radius 2 is 1.00 bits per heavy atom. The Kier molecular flexibility index (Phi) is 253. The van der Waals surface area contributed by atoms with Crippen molar-refractivity contribution in [3.05, 3.63) is 0 Å². The van der Waals surface area contributed by atoms with Crippen LogP contribution in [0.1, 0.15) is 0 Å². The van der Waals surface area contributed by atoms with E-state index in [0.29, 0.717) is 0 Å². The van der Waals surface area contributed by atoms with Crippen molar-refractivity contribution in [1.29, 1.82) is 0 Å². The van der Waals surface area contributed by atoms with Crippen LogP contribution in [0, 0.1) is 0 Å². The van der Waals surface area contributed by atoms with Gasteiger partial charge in [-0.15, -0.1) is 0 Å². The molecule has 0 fully saturated rings. The fraction of sp³-hybridized carbons (Fsp3) is 0. The van der Waals surface area contributed by atoms with Gasteiger partial charge in [-0.05, 0) is 0 Å². The van der Waals surface area contributed by atoms with Crippen molar-refractivity contribution >= 4 is 27.0 Å². The molecular weight excluding hydrogens is 101 g/mol. The van der Waals surface area contributed by atoms with Crippen LogP contribution >= 0.6 is 13.5 Å². The van der Waals surface area contributed by atoms with E-state index in [-0.39, 0.29) is 62.7 Å². The van der Waals surface area contributed by atoms with Crippen LogP contribution in [0.3, 0.4) is 0 Å². The summed E-state index contributed by atoms with van der Waals surface area (Å²) in [4.78, 5) is 0. The Morgan fingerprint density at radius 1 is 1.00 bits per heavy atom. The molecule has 0 amide bonds. The summed E-state index contributed by atoms with van der Waals surface area (Å²) in [5, 5.41) is 0. The molecule has 0 radical (unpaired) electrons. The molecule has 0 aliphatic carbocycles. The SMILES string of the molecule is N.S.[Na+].[SH-]. The predicted octanol–water partition coefficient (Wildman–Crippen LogP) is -2.99. The molecule has 0 unspecified atom stereocenters. The first-order chi connectivity index (χ1) is 0. The molecule has 0 saturated carbocycles. The molecule has 0 aliphatic rings. The van der Waals surface area contributed by atoms with Crippen LogP contribution in [0.25, 0.3) is 0 Å². The van der Waals surface area contributed by atoms with Gasteiger partial charge in [-0.25, -0.2) is 0 Å². The smallest absolute Gasteiger partial charge is 0.813 e. The first kappa shape index (κ1) is 44.6. The largest absolute Gasteiger partial charge is 1.00 e. The molecule has 1 nitrogen and oxygen atoms in total. The van der Waals surface area contributed by atoms with Gasteiger partial charge in [0.1, 0.15) is 0 Å². The number of thiol groups is 1. The van der Waals surface area contributed by atoms with Crippen molar-refractivity contribution in [2.24, 2.45) is 0 Å². The molecular formula is H6NNaS2. The summed E-state index contributed by atoms with van der Waals surface area (Å²) in [6, 6.07) is 0. The van der Waals surface area contributed by atoms with Crippen molar-refractivity contribution in [2.75, 3.05) is 0 Å². The van der Waals surface area contributed by atoms with Crippen molar-refractivity contribution in [1.82, 2.24) is 6.15 Å². The Labute approximate surface area is 62.3 Å². The number of hydrogen-bond acceptors (Lipinski definition) is 2. The summed E-state index contributed by atoms with van der Waals surface area (Å²) in [6.07, 6.45) is 0. The van der Waals surface area contributed by atoms with E-state index in [1.807, 2.05) is 0 Å². The summed E-state index contributed by atoms with van der Waals surface area (Å²) in [6.45, 7) is 0. The van der Waals surface area contributed by atoms with Crippen molar-refractivity contribution in [3.63, 3.8) is 0 Å². The third-order valence-corrected chi connectivity index (χ3v) is 0. The quantitative estimate of drug-likeness (QED) is 0.203. The summed E-state index contributed by atoms with van der Waals surface area (Å²) < 4.78 is 0. The molecule has 4 heavy (non-hydrogen) atoms. The zero-order valence-corrected chi connectivity index (χ0v) is 6.55. The van der Waals surface area contributed by atoms with Gasteiger partial charge in [0, 0.05) is 0 Å². The van der Waals surface area contributed by atoms with Crippen LogP contribution in [0.5, 0.6) is 0 Å². The van der Waals surface area contributed by atoms with Gasteiger partial charge >= 0.3 is 29.6 Å². The average Bonchev–Trinajstić information content (AvgIpc) is 0. The fourth-order valence-corrected chi connectivity index (χ4v) is 0. The van der Waals surface area contributed by atoms with Gasteiger partial charge in [-0.2, -0.15) is 13.5 Å². The summed E-state index contributed by atoms with van der Waals surface area (Å²) in [7, 11) is 0. The topological polar surface area (TPSA) is 35.0 Å². The Hall–Kier alpha value is 1.66. The van der Waals surface area contributed by atoms with E-state index in [9.17, 15) is 0 Å². The summed E-state index contributed by atoms with van der Waals surface area (Å²) >= 11 is 0. The molecule has 4 heteroatoms. The monoisotopic (exact) mass is 107 g/mol. The van der Waals surface area contributed by atoms with Gasteiger partial charge in [-0.1, -0.05) is 0 Å². The maximum atomic E-state index is 0. The minimum Gasteiger partial charge on any atom is -0.813 e. The van der Waals surface area contributed by atoms with Crippen LogP contribution in [0.15, 0.2) is 0 Å². The van der Waals surface area contributed by atoms with Crippen LogP contribution in [0.2, 0.25) is 0 Å². The molecule has 0 spiro atoms. The van der Waals surface area contributed by atoms with E-state index in [1.165, 1.54) is 0 Å². The average molecular weight is 107 g/mol. The molecule has 0 atom stereocenters. The zero-order valence-electron chi connectivity index (χ0n) is 2.65. The third-order valence-electron chi connectivity index (χ3n) is 0. The van der Waals surface area contributed by atoms with Crippen LogP contribution in [0.4, 0.5) is 0 Å². The number of hydrogen-bond donors (Lipinski definition) is 1. The number of rotatable bonds is 0. The Bertz CT molecular complexity index is 6.00. The molecule has 24 valence electrons. The van der Waals surface area contributed by atoms with Crippen LogP contribution < -0.4 is 35.7 Å². The normalized spacial score (nSPS) is 0. The van der Waals surface area contributed by atoms with Gasteiger partial charge in [0.25, 0.3) is 0 Å². The van der Waals surface area contributed by atoms with E-state index in [1.54, 1.807) is 0 Å². The van der Waals surface area contributed by atoms with E-state index in [2.05, 4.69) is 0 Å². The molecule has 0 bridgehead atoms. The van der Waals surface area contributed by atoms with Crippen molar-refractivity contribution < 1.29 is 29.6 Å². The minimum atomic E-state index is 0. The van der Waals surface area contributed by atoms with Gasteiger partial charge in [-0.3, -0.25) is 0 Å². The van der Waals surface area contributed by atoms with Crippen LogP contribution in [-0.4, -0.2) is 0 Å².